The summed E-state index contributed by atoms with van der Waals surface area (Å²) < 4.78 is 0. The highest BCUT2D eigenvalue weighted by Gasteiger charge is 2.46. The molecule has 0 heterocycles. The molecule has 0 N–H and O–H groups in total. The van der Waals surface area contributed by atoms with E-state index in [9.17, 15) is 0 Å². The molecule has 0 radical (unpaired) electrons. The Morgan fingerprint density at radius 3 is 1.21 bits per heavy atom. The lowest BCUT2D eigenvalue weighted by Crippen LogP contribution is -2.28. The molecule has 0 bridgehead atoms. The maximum atomic E-state index is 2.39. The standard InChI is InChI=1S/C77H53N/c1-4-17-54(18-5-1)56-33-39-60(40-34-56)65-23-15-28-71(53-65)78(69-47-43-58(44-48-69)57-35-37-59(38-36-57)63-21-14-22-64(51-63)66-42-41-55-19-10-11-20-62(55)52-66)70-49-45-61(46-50-70)72-30-16-32-75-76(72)73-29-12-13-31-74(73)77(75,67-24-6-2-7-25-67)68-26-8-3-9-27-68/h1-53H. The second-order valence-corrected chi connectivity index (χ2v) is 20.4. The maximum Gasteiger partial charge on any atom is 0.0713 e. The van der Waals surface area contributed by atoms with E-state index < -0.39 is 5.41 Å². The smallest absolute Gasteiger partial charge is 0.0713 e. The lowest BCUT2D eigenvalue weighted by molar-refractivity contribution is 0.768. The van der Waals surface area contributed by atoms with Crippen molar-refractivity contribution in [2.45, 2.75) is 5.41 Å². The Bertz CT molecular complexity index is 4220. The first kappa shape index (κ1) is 46.5. The average molecular weight is 992 g/mol. The van der Waals surface area contributed by atoms with Crippen molar-refractivity contribution < 1.29 is 0 Å². The molecule has 0 aliphatic heterocycles. The number of fused-ring (bicyclic) bond motifs is 4. The number of anilines is 3. The normalized spacial score (nSPS) is 12.2. The first-order chi connectivity index (χ1) is 38.7. The van der Waals surface area contributed by atoms with Gasteiger partial charge in [-0.3, -0.25) is 0 Å². The highest BCUT2D eigenvalue weighted by molar-refractivity contribution is 5.96. The predicted octanol–water partition coefficient (Wildman–Crippen LogP) is 20.7. The Kier molecular flexibility index (Phi) is 11.8. The maximum absolute atomic E-state index is 2.39. The third-order valence-corrected chi connectivity index (χ3v) is 16.0. The lowest BCUT2D eigenvalue weighted by Gasteiger charge is -2.34. The largest absolute Gasteiger partial charge is 0.310 e. The van der Waals surface area contributed by atoms with E-state index in [1.807, 2.05) is 0 Å². The van der Waals surface area contributed by atoms with Crippen LogP contribution in [0.3, 0.4) is 0 Å². The highest BCUT2D eigenvalue weighted by atomic mass is 15.1. The molecule has 0 spiro atoms. The molecule has 13 aromatic carbocycles. The molecule has 366 valence electrons. The first-order valence-electron chi connectivity index (χ1n) is 27.0. The van der Waals surface area contributed by atoms with Gasteiger partial charge < -0.3 is 4.90 Å². The van der Waals surface area contributed by atoms with Crippen LogP contribution in [-0.4, -0.2) is 0 Å². The van der Waals surface area contributed by atoms with E-state index in [2.05, 4.69) is 326 Å². The summed E-state index contributed by atoms with van der Waals surface area (Å²) in [5.74, 6) is 0. The molecule has 14 rings (SSSR count). The summed E-state index contributed by atoms with van der Waals surface area (Å²) in [6.07, 6.45) is 0. The van der Waals surface area contributed by atoms with Crippen LogP contribution in [0.5, 0.6) is 0 Å². The van der Waals surface area contributed by atoms with Gasteiger partial charge in [0.25, 0.3) is 0 Å². The van der Waals surface area contributed by atoms with Gasteiger partial charge in [-0.15, -0.1) is 0 Å². The van der Waals surface area contributed by atoms with E-state index >= 15 is 0 Å². The van der Waals surface area contributed by atoms with E-state index in [-0.39, 0.29) is 0 Å². The minimum absolute atomic E-state index is 0.465. The zero-order valence-electron chi connectivity index (χ0n) is 43.0. The molecule has 1 nitrogen and oxygen atoms in total. The molecule has 0 fully saturated rings. The summed E-state index contributed by atoms with van der Waals surface area (Å²) in [6, 6.07) is 118. The number of nitrogens with zero attached hydrogens (tertiary/aromatic N) is 1. The van der Waals surface area contributed by atoms with Gasteiger partial charge in [0.05, 0.1) is 5.41 Å². The SMILES string of the molecule is c1ccc(-c2ccc(-c3cccc(N(c4ccc(-c5ccc(-c6cccc(-c7ccc8ccccc8c7)c6)cc5)cc4)c4ccc(-c5cccc6c5-c5ccccc5C6(c5ccccc5)c5ccccc5)cc4)c3)cc2)cc1. The second kappa shape index (κ2) is 19.9. The van der Waals surface area contributed by atoms with Crippen LogP contribution in [0.15, 0.2) is 322 Å². The summed E-state index contributed by atoms with van der Waals surface area (Å²) in [4.78, 5) is 2.39. The number of benzene rings is 13. The van der Waals surface area contributed by atoms with Gasteiger partial charge >= 0.3 is 0 Å². The molecule has 1 aliphatic carbocycles. The molecule has 1 heteroatoms. The first-order valence-corrected chi connectivity index (χ1v) is 27.0. The van der Waals surface area contributed by atoms with Crippen LogP contribution >= 0.6 is 0 Å². The summed E-state index contributed by atoms with van der Waals surface area (Å²) >= 11 is 0. The van der Waals surface area contributed by atoms with Crippen LogP contribution in [0.25, 0.3) is 88.7 Å². The Balaban J connectivity index is 0.822. The minimum atomic E-state index is -0.465. The van der Waals surface area contributed by atoms with Gasteiger partial charge in [-0.25, -0.2) is 0 Å². The summed E-state index contributed by atoms with van der Waals surface area (Å²) in [7, 11) is 0. The van der Waals surface area contributed by atoms with E-state index in [4.69, 9.17) is 0 Å². The third kappa shape index (κ3) is 8.30. The topological polar surface area (TPSA) is 3.24 Å². The minimum Gasteiger partial charge on any atom is -0.310 e. The van der Waals surface area contributed by atoms with Gasteiger partial charge in [0.15, 0.2) is 0 Å². The van der Waals surface area contributed by atoms with Crippen molar-refractivity contribution in [3.8, 4) is 77.9 Å². The molecule has 0 amide bonds. The predicted molar refractivity (Wildman–Crippen MR) is 329 cm³/mol. The van der Waals surface area contributed by atoms with Crippen LogP contribution in [-0.2, 0) is 5.41 Å². The van der Waals surface area contributed by atoms with E-state index in [1.54, 1.807) is 0 Å². The molecular formula is C77H53N. The number of hydrogen-bond donors (Lipinski definition) is 0. The van der Waals surface area contributed by atoms with Crippen LogP contribution < -0.4 is 4.90 Å². The van der Waals surface area contributed by atoms with E-state index in [0.717, 1.165) is 28.2 Å². The average Bonchev–Trinajstić information content (AvgIpc) is 4.04. The van der Waals surface area contributed by atoms with E-state index in [1.165, 1.54) is 99.8 Å². The quantitative estimate of drug-likeness (QED) is 0.125. The summed E-state index contributed by atoms with van der Waals surface area (Å²) in [5.41, 5.74) is 24.8. The van der Waals surface area contributed by atoms with Crippen LogP contribution in [0.2, 0.25) is 0 Å². The second-order valence-electron chi connectivity index (χ2n) is 20.4. The van der Waals surface area contributed by atoms with Crippen molar-refractivity contribution >= 4 is 27.8 Å². The molecule has 0 aromatic heterocycles. The van der Waals surface area contributed by atoms with Gasteiger partial charge in [-0.1, -0.05) is 273 Å². The van der Waals surface area contributed by atoms with Crippen molar-refractivity contribution in [1.82, 2.24) is 0 Å². The molecule has 1 aliphatic rings. The zero-order valence-corrected chi connectivity index (χ0v) is 43.0. The lowest BCUT2D eigenvalue weighted by atomic mass is 9.67. The summed E-state index contributed by atoms with van der Waals surface area (Å²) in [5, 5.41) is 2.51. The van der Waals surface area contributed by atoms with Crippen LogP contribution in [0, 0.1) is 0 Å². The van der Waals surface area contributed by atoms with Crippen molar-refractivity contribution in [1.29, 1.82) is 0 Å². The molecular weight excluding hydrogens is 939 g/mol. The fourth-order valence-corrected chi connectivity index (χ4v) is 12.2. The van der Waals surface area contributed by atoms with Gasteiger partial charge in [0.2, 0.25) is 0 Å². The molecule has 0 saturated heterocycles. The van der Waals surface area contributed by atoms with Crippen LogP contribution in [0.1, 0.15) is 22.3 Å². The fraction of sp³-hybridized carbons (Fsp3) is 0.0130. The fourth-order valence-electron chi connectivity index (χ4n) is 12.2. The molecule has 13 aromatic rings. The summed E-state index contributed by atoms with van der Waals surface area (Å²) in [6.45, 7) is 0. The van der Waals surface area contributed by atoms with Gasteiger partial charge in [0, 0.05) is 17.1 Å². The Morgan fingerprint density at radius 2 is 0.590 bits per heavy atom. The molecule has 0 saturated carbocycles. The number of rotatable bonds is 11. The van der Waals surface area contributed by atoms with Crippen molar-refractivity contribution in [2.24, 2.45) is 0 Å². The van der Waals surface area contributed by atoms with Gasteiger partial charge in [0.1, 0.15) is 0 Å². The van der Waals surface area contributed by atoms with Crippen molar-refractivity contribution in [3.05, 3.63) is 344 Å². The highest BCUT2D eigenvalue weighted by Crippen LogP contribution is 2.58. The van der Waals surface area contributed by atoms with Gasteiger partial charge in [-0.05, 0) is 159 Å². The Labute approximate surface area is 457 Å². The molecule has 0 atom stereocenters. The van der Waals surface area contributed by atoms with Crippen LogP contribution in [0.4, 0.5) is 17.1 Å². The monoisotopic (exact) mass is 991 g/mol. The Hall–Kier alpha value is -10.1. The van der Waals surface area contributed by atoms with E-state index in [0.29, 0.717) is 0 Å². The third-order valence-electron chi connectivity index (χ3n) is 16.0. The van der Waals surface area contributed by atoms with Crippen molar-refractivity contribution in [3.63, 3.8) is 0 Å². The molecule has 78 heavy (non-hydrogen) atoms. The number of hydrogen-bond acceptors (Lipinski definition) is 1. The van der Waals surface area contributed by atoms with Gasteiger partial charge in [-0.2, -0.15) is 0 Å². The zero-order chi connectivity index (χ0) is 51.8. The van der Waals surface area contributed by atoms with Crippen molar-refractivity contribution in [2.75, 3.05) is 4.90 Å². The Morgan fingerprint density at radius 1 is 0.205 bits per heavy atom. The molecule has 0 unspecified atom stereocenters.